The Morgan fingerprint density at radius 2 is 2.00 bits per heavy atom. The number of hydrogen-bond acceptors (Lipinski definition) is 2. The molecule has 1 heterocycles. The lowest BCUT2D eigenvalue weighted by atomic mass is 10.1. The molecule has 3 heteroatoms. The lowest BCUT2D eigenvalue weighted by molar-refractivity contribution is 0.205. The van der Waals surface area contributed by atoms with Crippen LogP contribution in [0, 0.1) is 6.92 Å². The van der Waals surface area contributed by atoms with Crippen LogP contribution in [-0.2, 0) is 0 Å². The molecule has 0 atom stereocenters. The number of ether oxygens (including phenoxy) is 1. The van der Waals surface area contributed by atoms with Gasteiger partial charge in [0, 0.05) is 6.54 Å². The summed E-state index contributed by atoms with van der Waals surface area (Å²) >= 11 is 6.09. The van der Waals surface area contributed by atoms with Crippen LogP contribution in [-0.4, -0.2) is 31.1 Å². The van der Waals surface area contributed by atoms with E-state index in [4.69, 9.17) is 16.3 Å². The Hall–Kier alpha value is -0.730. The molecule has 0 aromatic heterocycles. The van der Waals surface area contributed by atoms with Crippen molar-refractivity contribution in [3.05, 3.63) is 28.8 Å². The molecule has 18 heavy (non-hydrogen) atoms. The second kappa shape index (κ2) is 7.01. The van der Waals surface area contributed by atoms with Gasteiger partial charge in [-0.15, -0.1) is 0 Å². The second-order valence-corrected chi connectivity index (χ2v) is 5.45. The molecule has 1 fully saturated rings. The number of piperidine rings is 1. The lowest BCUT2D eigenvalue weighted by Gasteiger charge is -2.26. The molecular formula is C15H22ClNO. The maximum absolute atomic E-state index is 6.09. The fourth-order valence-electron chi connectivity index (χ4n) is 2.37. The third-order valence-electron chi connectivity index (χ3n) is 3.41. The average Bonchev–Trinajstić information content (AvgIpc) is 2.40. The van der Waals surface area contributed by atoms with Crippen LogP contribution in [0.1, 0.15) is 31.2 Å². The summed E-state index contributed by atoms with van der Waals surface area (Å²) in [6.45, 7) is 6.45. The molecule has 0 radical (unpaired) electrons. The monoisotopic (exact) mass is 267 g/mol. The summed E-state index contributed by atoms with van der Waals surface area (Å²) in [6.07, 6.45) is 5.17. The first-order valence-corrected chi connectivity index (χ1v) is 7.25. The van der Waals surface area contributed by atoms with Gasteiger partial charge in [0.1, 0.15) is 5.75 Å². The number of halogens is 1. The number of hydrogen-bond donors (Lipinski definition) is 0. The van der Waals surface area contributed by atoms with Gasteiger partial charge in [-0.2, -0.15) is 0 Å². The van der Waals surface area contributed by atoms with Crippen molar-refractivity contribution in [1.82, 2.24) is 4.90 Å². The molecule has 0 bridgehead atoms. The maximum atomic E-state index is 6.09. The molecule has 0 N–H and O–H groups in total. The van der Waals surface area contributed by atoms with E-state index in [2.05, 4.69) is 11.8 Å². The maximum Gasteiger partial charge on any atom is 0.138 e. The zero-order valence-corrected chi connectivity index (χ0v) is 11.9. The average molecular weight is 268 g/mol. The first-order chi connectivity index (χ1) is 8.75. The van der Waals surface area contributed by atoms with Crippen LogP contribution in [0.3, 0.4) is 0 Å². The quantitative estimate of drug-likeness (QED) is 0.750. The van der Waals surface area contributed by atoms with Gasteiger partial charge in [-0.25, -0.2) is 0 Å². The standard InChI is InChI=1S/C15H22ClNO/c1-13-6-7-14(16)15(12-13)18-11-5-10-17-8-3-2-4-9-17/h6-7,12H,2-5,8-11H2,1H3. The van der Waals surface area contributed by atoms with Crippen LogP contribution in [0.15, 0.2) is 18.2 Å². The van der Waals surface area contributed by atoms with E-state index in [0.29, 0.717) is 5.02 Å². The Balaban J connectivity index is 1.69. The van der Waals surface area contributed by atoms with E-state index in [-0.39, 0.29) is 0 Å². The van der Waals surface area contributed by atoms with Crippen molar-refractivity contribution in [2.45, 2.75) is 32.6 Å². The number of likely N-dealkylation sites (tertiary alicyclic amines) is 1. The van der Waals surface area contributed by atoms with Crippen molar-refractivity contribution < 1.29 is 4.74 Å². The summed E-state index contributed by atoms with van der Waals surface area (Å²) in [5.74, 6) is 0.815. The van der Waals surface area contributed by atoms with Gasteiger partial charge in [-0.1, -0.05) is 24.1 Å². The fourth-order valence-corrected chi connectivity index (χ4v) is 2.55. The van der Waals surface area contributed by atoms with E-state index in [9.17, 15) is 0 Å². The molecule has 0 saturated carbocycles. The Morgan fingerprint density at radius 1 is 1.22 bits per heavy atom. The smallest absolute Gasteiger partial charge is 0.138 e. The third kappa shape index (κ3) is 4.18. The molecule has 0 aliphatic carbocycles. The van der Waals surface area contributed by atoms with Crippen molar-refractivity contribution >= 4 is 11.6 Å². The molecule has 100 valence electrons. The first kappa shape index (κ1) is 13.7. The Labute approximate surface area is 115 Å². The Kier molecular flexibility index (Phi) is 5.33. The minimum atomic E-state index is 0.707. The van der Waals surface area contributed by atoms with Crippen LogP contribution in [0.25, 0.3) is 0 Å². The van der Waals surface area contributed by atoms with Crippen LogP contribution >= 0.6 is 11.6 Å². The molecular weight excluding hydrogens is 246 g/mol. The van der Waals surface area contributed by atoms with Crippen molar-refractivity contribution in [3.63, 3.8) is 0 Å². The van der Waals surface area contributed by atoms with Gasteiger partial charge in [0.15, 0.2) is 0 Å². The minimum absolute atomic E-state index is 0.707. The van der Waals surface area contributed by atoms with Gasteiger partial charge in [0.25, 0.3) is 0 Å². The first-order valence-electron chi connectivity index (χ1n) is 6.87. The second-order valence-electron chi connectivity index (χ2n) is 5.04. The molecule has 0 unspecified atom stereocenters. The number of rotatable bonds is 5. The van der Waals surface area contributed by atoms with Crippen LogP contribution in [0.4, 0.5) is 0 Å². The van der Waals surface area contributed by atoms with Gasteiger partial charge >= 0.3 is 0 Å². The predicted molar refractivity (Wildman–Crippen MR) is 76.6 cm³/mol. The van der Waals surface area contributed by atoms with Crippen molar-refractivity contribution in [2.75, 3.05) is 26.2 Å². The molecule has 1 saturated heterocycles. The Bertz CT molecular complexity index is 375. The van der Waals surface area contributed by atoms with E-state index in [1.165, 1.54) is 37.9 Å². The summed E-state index contributed by atoms with van der Waals surface area (Å²) in [6, 6.07) is 5.91. The molecule has 1 aromatic carbocycles. The number of benzene rings is 1. The fraction of sp³-hybridized carbons (Fsp3) is 0.600. The summed E-state index contributed by atoms with van der Waals surface area (Å²) in [5.41, 5.74) is 1.19. The largest absolute Gasteiger partial charge is 0.492 e. The van der Waals surface area contributed by atoms with Crippen LogP contribution < -0.4 is 4.74 Å². The normalized spacial score (nSPS) is 16.8. The summed E-state index contributed by atoms with van der Waals surface area (Å²) < 4.78 is 5.75. The van der Waals surface area contributed by atoms with E-state index in [1.54, 1.807) is 0 Å². The highest BCUT2D eigenvalue weighted by atomic mass is 35.5. The lowest BCUT2D eigenvalue weighted by Crippen LogP contribution is -2.31. The van der Waals surface area contributed by atoms with Crippen molar-refractivity contribution in [2.24, 2.45) is 0 Å². The van der Waals surface area contributed by atoms with Gasteiger partial charge in [0.2, 0.25) is 0 Å². The molecule has 2 rings (SSSR count). The Morgan fingerprint density at radius 3 is 2.78 bits per heavy atom. The zero-order chi connectivity index (χ0) is 12.8. The van der Waals surface area contributed by atoms with E-state index < -0.39 is 0 Å². The van der Waals surface area contributed by atoms with Gasteiger partial charge in [-0.3, -0.25) is 0 Å². The van der Waals surface area contributed by atoms with Crippen molar-refractivity contribution in [3.8, 4) is 5.75 Å². The molecule has 0 spiro atoms. The highest BCUT2D eigenvalue weighted by molar-refractivity contribution is 6.32. The molecule has 1 aliphatic rings. The van der Waals surface area contributed by atoms with E-state index in [1.807, 2.05) is 18.2 Å². The van der Waals surface area contributed by atoms with E-state index in [0.717, 1.165) is 25.3 Å². The summed E-state index contributed by atoms with van der Waals surface area (Å²) in [5, 5.41) is 0.707. The number of aryl methyl sites for hydroxylation is 1. The van der Waals surface area contributed by atoms with Crippen molar-refractivity contribution in [1.29, 1.82) is 0 Å². The summed E-state index contributed by atoms with van der Waals surface area (Å²) in [4.78, 5) is 2.53. The minimum Gasteiger partial charge on any atom is -0.492 e. The molecule has 1 aliphatic heterocycles. The molecule has 1 aromatic rings. The molecule has 2 nitrogen and oxygen atoms in total. The molecule has 0 amide bonds. The predicted octanol–water partition coefficient (Wildman–Crippen LogP) is 3.90. The van der Waals surface area contributed by atoms with Crippen LogP contribution in [0.5, 0.6) is 5.75 Å². The highest BCUT2D eigenvalue weighted by Crippen LogP contribution is 2.25. The number of nitrogens with zero attached hydrogens (tertiary/aromatic N) is 1. The van der Waals surface area contributed by atoms with E-state index >= 15 is 0 Å². The van der Waals surface area contributed by atoms with Gasteiger partial charge in [-0.05, 0) is 57.0 Å². The topological polar surface area (TPSA) is 12.5 Å². The SMILES string of the molecule is Cc1ccc(Cl)c(OCCCN2CCCCC2)c1. The zero-order valence-electron chi connectivity index (χ0n) is 11.1. The summed E-state index contributed by atoms with van der Waals surface area (Å²) in [7, 11) is 0. The van der Waals surface area contributed by atoms with Crippen LogP contribution in [0.2, 0.25) is 5.02 Å². The van der Waals surface area contributed by atoms with Gasteiger partial charge < -0.3 is 9.64 Å². The third-order valence-corrected chi connectivity index (χ3v) is 3.72. The highest BCUT2D eigenvalue weighted by Gasteiger charge is 2.09. The van der Waals surface area contributed by atoms with Gasteiger partial charge in [0.05, 0.1) is 11.6 Å².